The number of carbonyl (C=O) groups excluding carboxylic acids is 1. The largest absolute Gasteiger partial charge is 0.439 e. The number of aromatic nitrogens is 1. The minimum atomic E-state index is -0.263. The number of amides is 2. The number of anilines is 1. The van der Waals surface area contributed by atoms with Crippen molar-refractivity contribution in [2.24, 2.45) is 0 Å². The second kappa shape index (κ2) is 6.49. The maximum Gasteiger partial charge on any atom is 0.320 e. The Kier molecular flexibility index (Phi) is 4.04. The summed E-state index contributed by atoms with van der Waals surface area (Å²) in [4.78, 5) is 16.5. The average molecular weight is 325 g/mol. The summed E-state index contributed by atoms with van der Waals surface area (Å²) in [5.41, 5.74) is 0. The van der Waals surface area contributed by atoms with E-state index in [1.807, 2.05) is 30.3 Å². The molecule has 2 fully saturated rings. The van der Waals surface area contributed by atoms with E-state index in [0.717, 1.165) is 19.3 Å². The van der Waals surface area contributed by atoms with Gasteiger partial charge < -0.3 is 14.8 Å². The second-order valence-corrected chi connectivity index (χ2v) is 6.09. The van der Waals surface area contributed by atoms with Gasteiger partial charge in [0.1, 0.15) is 11.6 Å². The molecule has 2 aromatic rings. The van der Waals surface area contributed by atoms with Gasteiger partial charge in [-0.25, -0.2) is 4.79 Å². The fourth-order valence-electron chi connectivity index (χ4n) is 3.26. The first kappa shape index (κ1) is 15.0. The van der Waals surface area contributed by atoms with Crippen LogP contribution in [-0.2, 0) is 4.74 Å². The number of nitrogens with zero attached hydrogens (tertiary/aromatic N) is 1. The van der Waals surface area contributed by atoms with E-state index in [1.165, 1.54) is 0 Å². The molecule has 2 saturated heterocycles. The molecule has 4 rings (SSSR count). The van der Waals surface area contributed by atoms with Crippen molar-refractivity contribution in [3.63, 3.8) is 0 Å². The minimum absolute atomic E-state index is 0.0903. The third-order valence-electron chi connectivity index (χ3n) is 4.35. The molecule has 2 amide bonds. The van der Waals surface area contributed by atoms with E-state index < -0.39 is 0 Å². The smallest absolute Gasteiger partial charge is 0.320 e. The quantitative estimate of drug-likeness (QED) is 0.904. The van der Waals surface area contributed by atoms with E-state index in [0.29, 0.717) is 23.6 Å². The van der Waals surface area contributed by atoms with Gasteiger partial charge in [-0.3, -0.25) is 5.32 Å². The van der Waals surface area contributed by atoms with Gasteiger partial charge in [0.25, 0.3) is 0 Å². The second-order valence-electron chi connectivity index (χ2n) is 6.09. The molecule has 2 bridgehead atoms. The highest BCUT2D eigenvalue weighted by Gasteiger charge is 2.41. The Bertz CT molecular complexity index is 722. The lowest BCUT2D eigenvalue weighted by Gasteiger charge is -2.20. The maximum absolute atomic E-state index is 12.2. The maximum atomic E-state index is 12.2. The fraction of sp³-hybridized carbons (Fsp3) is 0.333. The van der Waals surface area contributed by atoms with Crippen molar-refractivity contribution in [3.8, 4) is 11.6 Å². The van der Waals surface area contributed by atoms with E-state index in [9.17, 15) is 4.79 Å². The molecule has 0 radical (unpaired) electrons. The number of pyridine rings is 1. The number of para-hydroxylation sites is 1. The summed E-state index contributed by atoms with van der Waals surface area (Å²) in [6, 6.07) is 14.5. The summed E-state index contributed by atoms with van der Waals surface area (Å²) in [6.45, 7) is 0. The molecule has 6 nitrogen and oxygen atoms in total. The molecule has 1 aromatic carbocycles. The Balaban J connectivity index is 1.36. The van der Waals surface area contributed by atoms with Gasteiger partial charge in [0, 0.05) is 6.07 Å². The fourth-order valence-corrected chi connectivity index (χ4v) is 3.26. The van der Waals surface area contributed by atoms with Crippen molar-refractivity contribution in [3.05, 3.63) is 48.5 Å². The number of fused-ring (bicyclic) bond motifs is 2. The molecule has 3 heterocycles. The van der Waals surface area contributed by atoms with E-state index in [4.69, 9.17) is 9.47 Å². The molecule has 0 aliphatic carbocycles. The zero-order chi connectivity index (χ0) is 16.4. The van der Waals surface area contributed by atoms with Crippen LogP contribution < -0.4 is 15.4 Å². The van der Waals surface area contributed by atoms with Gasteiger partial charge in [-0.1, -0.05) is 24.3 Å². The van der Waals surface area contributed by atoms with Crippen molar-refractivity contribution in [2.45, 2.75) is 37.5 Å². The van der Waals surface area contributed by atoms with Crippen LogP contribution in [0.25, 0.3) is 0 Å². The van der Waals surface area contributed by atoms with E-state index in [-0.39, 0.29) is 18.2 Å². The van der Waals surface area contributed by atoms with Gasteiger partial charge in [-0.05, 0) is 37.5 Å². The SMILES string of the molecule is O=C(Nc1cccc(Oc2ccccc2)n1)N[C@@H]1C[C@H]2CC[C@@H]1O2. The number of carbonyl (C=O) groups is 1. The zero-order valence-corrected chi connectivity index (χ0v) is 13.1. The number of hydrogen-bond acceptors (Lipinski definition) is 4. The average Bonchev–Trinajstić information content (AvgIpc) is 3.19. The van der Waals surface area contributed by atoms with Crippen molar-refractivity contribution in [1.29, 1.82) is 0 Å². The van der Waals surface area contributed by atoms with Crippen LogP contribution in [0.3, 0.4) is 0 Å². The lowest BCUT2D eigenvalue weighted by molar-refractivity contribution is 0.0984. The zero-order valence-electron chi connectivity index (χ0n) is 13.1. The highest BCUT2D eigenvalue weighted by atomic mass is 16.5. The number of hydrogen-bond donors (Lipinski definition) is 2. The van der Waals surface area contributed by atoms with E-state index in [1.54, 1.807) is 18.2 Å². The molecular weight excluding hydrogens is 306 g/mol. The molecule has 3 atom stereocenters. The summed E-state index contributed by atoms with van der Waals surface area (Å²) in [5, 5.41) is 5.73. The molecular formula is C18H19N3O3. The number of rotatable bonds is 4. The van der Waals surface area contributed by atoms with Crippen molar-refractivity contribution >= 4 is 11.8 Å². The van der Waals surface area contributed by atoms with Crippen molar-refractivity contribution < 1.29 is 14.3 Å². The Morgan fingerprint density at radius 2 is 2.00 bits per heavy atom. The molecule has 6 heteroatoms. The molecule has 0 spiro atoms. The number of benzene rings is 1. The first-order chi connectivity index (χ1) is 11.8. The van der Waals surface area contributed by atoms with Crippen LogP contribution in [0.1, 0.15) is 19.3 Å². The van der Waals surface area contributed by atoms with Crippen LogP contribution >= 0.6 is 0 Å². The number of ether oxygens (including phenoxy) is 2. The van der Waals surface area contributed by atoms with Crippen LogP contribution in [0.2, 0.25) is 0 Å². The molecule has 2 aliphatic rings. The molecule has 1 aromatic heterocycles. The Labute approximate surface area is 140 Å². The van der Waals surface area contributed by atoms with E-state index in [2.05, 4.69) is 15.6 Å². The highest BCUT2D eigenvalue weighted by molar-refractivity contribution is 5.88. The van der Waals surface area contributed by atoms with Crippen LogP contribution in [0.15, 0.2) is 48.5 Å². The molecule has 0 unspecified atom stereocenters. The van der Waals surface area contributed by atoms with Gasteiger partial charge in [-0.15, -0.1) is 0 Å². The first-order valence-electron chi connectivity index (χ1n) is 8.19. The first-order valence-corrected chi connectivity index (χ1v) is 8.19. The molecule has 2 N–H and O–H groups in total. The van der Waals surface area contributed by atoms with Gasteiger partial charge in [0.15, 0.2) is 0 Å². The Morgan fingerprint density at radius 3 is 2.75 bits per heavy atom. The van der Waals surface area contributed by atoms with Gasteiger partial charge in [-0.2, -0.15) is 4.98 Å². The number of urea groups is 1. The lowest BCUT2D eigenvalue weighted by atomic mass is 9.96. The van der Waals surface area contributed by atoms with Crippen LogP contribution in [0, 0.1) is 0 Å². The van der Waals surface area contributed by atoms with E-state index >= 15 is 0 Å². The topological polar surface area (TPSA) is 72.5 Å². The summed E-state index contributed by atoms with van der Waals surface area (Å²) >= 11 is 0. The third kappa shape index (κ3) is 3.33. The van der Waals surface area contributed by atoms with Gasteiger partial charge >= 0.3 is 6.03 Å². The molecule has 124 valence electrons. The number of nitrogens with one attached hydrogen (secondary N) is 2. The molecule has 0 saturated carbocycles. The third-order valence-corrected chi connectivity index (χ3v) is 4.35. The minimum Gasteiger partial charge on any atom is -0.439 e. The normalized spacial score (nSPS) is 24.6. The van der Waals surface area contributed by atoms with Crippen molar-refractivity contribution in [2.75, 3.05) is 5.32 Å². The summed E-state index contributed by atoms with van der Waals surface area (Å²) in [6.07, 6.45) is 3.48. The molecule has 24 heavy (non-hydrogen) atoms. The molecule has 2 aliphatic heterocycles. The predicted molar refractivity (Wildman–Crippen MR) is 89.2 cm³/mol. The standard InChI is InChI=1S/C18H19N3O3/c22-18(19-14-11-13-9-10-15(14)23-13)21-16-7-4-8-17(20-16)24-12-5-2-1-3-6-12/h1-8,13-15H,9-11H2,(H2,19,20,21,22)/t13-,14-,15+/m1/s1. The van der Waals surface area contributed by atoms with Gasteiger partial charge in [0.2, 0.25) is 5.88 Å². The highest BCUT2D eigenvalue weighted by Crippen LogP contribution is 2.34. The van der Waals surface area contributed by atoms with Crippen LogP contribution in [0.4, 0.5) is 10.6 Å². The summed E-state index contributed by atoms with van der Waals surface area (Å²) < 4.78 is 11.4. The predicted octanol–water partition coefficient (Wildman–Crippen LogP) is 3.32. The summed E-state index contributed by atoms with van der Waals surface area (Å²) in [5.74, 6) is 1.58. The lowest BCUT2D eigenvalue weighted by Crippen LogP contribution is -2.43. The summed E-state index contributed by atoms with van der Waals surface area (Å²) in [7, 11) is 0. The van der Waals surface area contributed by atoms with Gasteiger partial charge in [0.05, 0.1) is 18.2 Å². The monoisotopic (exact) mass is 325 g/mol. The van der Waals surface area contributed by atoms with Crippen LogP contribution in [-0.4, -0.2) is 29.3 Å². The van der Waals surface area contributed by atoms with Crippen LogP contribution in [0.5, 0.6) is 11.6 Å². The Hall–Kier alpha value is -2.60. The Morgan fingerprint density at radius 1 is 1.12 bits per heavy atom. The van der Waals surface area contributed by atoms with Crippen molar-refractivity contribution in [1.82, 2.24) is 10.3 Å².